The summed E-state index contributed by atoms with van der Waals surface area (Å²) in [5.74, 6) is 5.72. The summed E-state index contributed by atoms with van der Waals surface area (Å²) < 4.78 is 20.0. The molecule has 110 valence electrons. The molecule has 1 saturated heterocycles. The first-order valence-corrected chi connectivity index (χ1v) is 7.56. The molecule has 1 aromatic rings. The molecule has 1 aromatic carbocycles. The van der Waals surface area contributed by atoms with Crippen LogP contribution in [-0.2, 0) is 4.74 Å². The summed E-state index contributed by atoms with van der Waals surface area (Å²) in [7, 11) is 0. The average Bonchev–Trinajstić information content (AvgIpc) is 2.42. The molecule has 2 atom stereocenters. The molecule has 0 aromatic heterocycles. The number of hydrazine groups is 1. The minimum atomic E-state index is -0.258. The molecular weight excluding hydrogens is 279 g/mol. The second kappa shape index (κ2) is 5.60. The zero-order valence-corrected chi connectivity index (χ0v) is 12.1. The summed E-state index contributed by atoms with van der Waals surface area (Å²) in [6, 6.07) is 4.42. The molecule has 3 rings (SSSR count). The van der Waals surface area contributed by atoms with Gasteiger partial charge in [-0.3, -0.25) is 11.3 Å². The highest BCUT2D eigenvalue weighted by Gasteiger charge is 2.44. The predicted octanol–water partition coefficient (Wildman–Crippen LogP) is 3.33. The van der Waals surface area contributed by atoms with Gasteiger partial charge in [0.1, 0.15) is 5.82 Å². The predicted molar refractivity (Wildman–Crippen MR) is 76.7 cm³/mol. The lowest BCUT2D eigenvalue weighted by Gasteiger charge is -2.48. The second-order valence-corrected chi connectivity index (χ2v) is 6.38. The molecule has 0 amide bonds. The van der Waals surface area contributed by atoms with Crippen molar-refractivity contribution in [3.8, 4) is 0 Å². The third-order valence-electron chi connectivity index (χ3n) is 4.74. The van der Waals surface area contributed by atoms with Crippen molar-refractivity contribution in [2.24, 2.45) is 11.8 Å². The number of nitrogens with one attached hydrogen (secondary N) is 1. The molecule has 0 bridgehead atoms. The number of halogens is 2. The van der Waals surface area contributed by atoms with E-state index in [1.165, 1.54) is 12.5 Å². The van der Waals surface area contributed by atoms with Gasteiger partial charge in [-0.05, 0) is 56.2 Å². The molecule has 5 heteroatoms. The summed E-state index contributed by atoms with van der Waals surface area (Å²) in [5, 5.41) is 0.534. The van der Waals surface area contributed by atoms with Crippen LogP contribution in [0.15, 0.2) is 18.2 Å². The fourth-order valence-corrected chi connectivity index (χ4v) is 3.68. The molecular formula is C15H20ClFN2O. The van der Waals surface area contributed by atoms with Crippen LogP contribution in [0.5, 0.6) is 0 Å². The second-order valence-electron chi connectivity index (χ2n) is 5.95. The summed E-state index contributed by atoms with van der Waals surface area (Å²) in [6.07, 6.45) is 5.27. The van der Waals surface area contributed by atoms with Crippen molar-refractivity contribution >= 4 is 11.6 Å². The Morgan fingerprint density at radius 2 is 2.25 bits per heavy atom. The summed E-state index contributed by atoms with van der Waals surface area (Å²) in [6.45, 7) is 0.727. The fourth-order valence-electron chi connectivity index (χ4n) is 3.50. The fraction of sp³-hybridized carbons (Fsp3) is 0.600. The smallest absolute Gasteiger partial charge is 0.128 e. The molecule has 20 heavy (non-hydrogen) atoms. The maximum Gasteiger partial charge on any atom is 0.128 e. The van der Waals surface area contributed by atoms with E-state index >= 15 is 0 Å². The van der Waals surface area contributed by atoms with Crippen LogP contribution >= 0.6 is 11.6 Å². The van der Waals surface area contributed by atoms with Crippen molar-refractivity contribution in [1.82, 2.24) is 5.43 Å². The van der Waals surface area contributed by atoms with Crippen molar-refractivity contribution in [3.63, 3.8) is 0 Å². The van der Waals surface area contributed by atoms with Crippen LogP contribution in [0, 0.1) is 11.7 Å². The van der Waals surface area contributed by atoms with Crippen LogP contribution in [-0.4, -0.2) is 12.2 Å². The minimum Gasteiger partial charge on any atom is -0.375 e. The number of hydrogen-bond acceptors (Lipinski definition) is 3. The molecule has 1 aliphatic heterocycles. The summed E-state index contributed by atoms with van der Waals surface area (Å²) >= 11 is 5.99. The van der Waals surface area contributed by atoms with E-state index in [1.807, 2.05) is 0 Å². The highest BCUT2D eigenvalue weighted by molar-refractivity contribution is 6.30. The van der Waals surface area contributed by atoms with Crippen molar-refractivity contribution in [1.29, 1.82) is 0 Å². The first-order valence-electron chi connectivity index (χ1n) is 7.19. The third kappa shape index (κ3) is 2.58. The molecule has 1 spiro atoms. The van der Waals surface area contributed by atoms with E-state index in [2.05, 4.69) is 5.43 Å². The van der Waals surface area contributed by atoms with Gasteiger partial charge in [-0.1, -0.05) is 11.6 Å². The van der Waals surface area contributed by atoms with Gasteiger partial charge in [0.2, 0.25) is 0 Å². The molecule has 1 saturated carbocycles. The highest BCUT2D eigenvalue weighted by Crippen LogP contribution is 2.47. The van der Waals surface area contributed by atoms with Crippen LogP contribution in [0.3, 0.4) is 0 Å². The van der Waals surface area contributed by atoms with Gasteiger partial charge in [0.05, 0.1) is 11.6 Å². The normalized spacial score (nSPS) is 26.2. The zero-order valence-electron chi connectivity index (χ0n) is 11.4. The molecule has 2 aliphatic rings. The number of benzene rings is 1. The van der Waals surface area contributed by atoms with E-state index in [9.17, 15) is 4.39 Å². The highest BCUT2D eigenvalue weighted by atomic mass is 35.5. The molecule has 1 heterocycles. The number of ether oxygens (including phenoxy) is 1. The Labute approximate surface area is 123 Å². The van der Waals surface area contributed by atoms with Gasteiger partial charge in [0, 0.05) is 17.2 Å². The van der Waals surface area contributed by atoms with Crippen molar-refractivity contribution < 1.29 is 9.13 Å². The average molecular weight is 299 g/mol. The van der Waals surface area contributed by atoms with Gasteiger partial charge < -0.3 is 4.74 Å². The number of hydrogen-bond donors (Lipinski definition) is 2. The van der Waals surface area contributed by atoms with Crippen LogP contribution in [0.1, 0.15) is 43.7 Å². The molecule has 2 unspecified atom stereocenters. The van der Waals surface area contributed by atoms with Crippen LogP contribution in [0.4, 0.5) is 4.39 Å². The minimum absolute atomic E-state index is 0.0209. The Morgan fingerprint density at radius 1 is 1.45 bits per heavy atom. The van der Waals surface area contributed by atoms with Crippen molar-refractivity contribution in [3.05, 3.63) is 34.6 Å². The largest absolute Gasteiger partial charge is 0.375 e. The Morgan fingerprint density at radius 3 is 2.90 bits per heavy atom. The molecule has 1 aliphatic carbocycles. The van der Waals surface area contributed by atoms with Gasteiger partial charge in [-0.15, -0.1) is 0 Å². The van der Waals surface area contributed by atoms with Crippen LogP contribution in [0.2, 0.25) is 5.02 Å². The number of nitrogens with two attached hydrogens (primary N) is 1. The summed E-state index contributed by atoms with van der Waals surface area (Å²) in [5.41, 5.74) is 3.37. The molecule has 3 N–H and O–H groups in total. The van der Waals surface area contributed by atoms with E-state index in [0.717, 1.165) is 32.3 Å². The Kier molecular flexibility index (Phi) is 4.00. The summed E-state index contributed by atoms with van der Waals surface area (Å²) in [4.78, 5) is 0. The topological polar surface area (TPSA) is 47.3 Å². The van der Waals surface area contributed by atoms with Crippen LogP contribution < -0.4 is 11.3 Å². The van der Waals surface area contributed by atoms with E-state index in [0.29, 0.717) is 10.6 Å². The number of rotatable bonds is 3. The monoisotopic (exact) mass is 298 g/mol. The van der Waals surface area contributed by atoms with Gasteiger partial charge in [-0.25, -0.2) is 4.39 Å². The molecule has 2 fully saturated rings. The van der Waals surface area contributed by atoms with Gasteiger partial charge in [0.15, 0.2) is 0 Å². The maximum atomic E-state index is 14.1. The standard InChI is InChI=1S/C15H20ClFN2O/c16-11-2-3-13(17)12(8-11)14(19-18)10-4-7-20-15(9-10)5-1-6-15/h2-3,8,10,14,19H,1,4-7,9,18H2. The maximum absolute atomic E-state index is 14.1. The van der Waals surface area contributed by atoms with E-state index < -0.39 is 0 Å². The third-order valence-corrected chi connectivity index (χ3v) is 4.98. The van der Waals surface area contributed by atoms with Crippen molar-refractivity contribution in [2.45, 2.75) is 43.7 Å². The first kappa shape index (κ1) is 14.3. The Hall–Kier alpha value is -0.680. The lowest BCUT2D eigenvalue weighted by molar-refractivity contribution is -0.147. The SMILES string of the molecule is NNC(c1cc(Cl)ccc1F)C1CCOC2(CCC2)C1. The van der Waals surface area contributed by atoms with Gasteiger partial charge in [-0.2, -0.15) is 0 Å². The van der Waals surface area contributed by atoms with Gasteiger partial charge in [0.25, 0.3) is 0 Å². The Balaban J connectivity index is 1.83. The lowest BCUT2D eigenvalue weighted by atomic mass is 9.69. The molecule has 0 radical (unpaired) electrons. The first-order chi connectivity index (χ1) is 9.63. The quantitative estimate of drug-likeness (QED) is 0.665. The zero-order chi connectivity index (χ0) is 14.2. The lowest BCUT2D eigenvalue weighted by Crippen LogP contribution is -2.48. The Bertz CT molecular complexity index is 493. The van der Waals surface area contributed by atoms with Crippen LogP contribution in [0.25, 0.3) is 0 Å². The molecule has 3 nitrogen and oxygen atoms in total. The van der Waals surface area contributed by atoms with Crippen molar-refractivity contribution in [2.75, 3.05) is 6.61 Å². The van der Waals surface area contributed by atoms with E-state index in [4.69, 9.17) is 22.2 Å². The van der Waals surface area contributed by atoms with E-state index in [1.54, 1.807) is 12.1 Å². The van der Waals surface area contributed by atoms with E-state index in [-0.39, 0.29) is 23.4 Å². The van der Waals surface area contributed by atoms with Gasteiger partial charge >= 0.3 is 0 Å².